The third-order valence-electron chi connectivity index (χ3n) is 3.56. The zero-order valence-electron chi connectivity index (χ0n) is 12.9. The third kappa shape index (κ3) is 4.09. The Hall–Kier alpha value is -1.36. The van der Waals surface area contributed by atoms with Gasteiger partial charge in [0.1, 0.15) is 0 Å². The summed E-state index contributed by atoms with van der Waals surface area (Å²) in [6.07, 6.45) is 0. The lowest BCUT2D eigenvalue weighted by atomic mass is 10.00. The van der Waals surface area contributed by atoms with Crippen LogP contribution in [0.25, 0.3) is 0 Å². The average molecular weight is 338 g/mol. The van der Waals surface area contributed by atoms with Crippen LogP contribution in [0, 0.1) is 0 Å². The summed E-state index contributed by atoms with van der Waals surface area (Å²) < 4.78 is 27.4. The number of rotatable bonds is 5. The summed E-state index contributed by atoms with van der Waals surface area (Å²) in [7, 11) is -3.56. The molecule has 1 N–H and O–H groups in total. The van der Waals surface area contributed by atoms with Crippen LogP contribution in [0.3, 0.4) is 0 Å². The molecular weight excluding hydrogens is 318 g/mol. The molecule has 118 valence electrons. The van der Waals surface area contributed by atoms with Crippen LogP contribution in [0.4, 0.5) is 0 Å². The van der Waals surface area contributed by atoms with Gasteiger partial charge in [0.2, 0.25) is 10.0 Å². The van der Waals surface area contributed by atoms with Crippen molar-refractivity contribution in [2.45, 2.75) is 37.6 Å². The first-order valence-electron chi connectivity index (χ1n) is 7.17. The highest BCUT2D eigenvalue weighted by Gasteiger charge is 2.18. The van der Waals surface area contributed by atoms with Crippen molar-refractivity contribution in [2.24, 2.45) is 0 Å². The van der Waals surface area contributed by atoms with Gasteiger partial charge in [0.25, 0.3) is 0 Å². The first-order chi connectivity index (χ1) is 10.3. The van der Waals surface area contributed by atoms with Crippen LogP contribution in [0.2, 0.25) is 5.02 Å². The minimum Gasteiger partial charge on any atom is -0.207 e. The van der Waals surface area contributed by atoms with Crippen LogP contribution in [-0.4, -0.2) is 8.42 Å². The highest BCUT2D eigenvalue weighted by Crippen LogP contribution is 2.21. The number of halogens is 1. The molecule has 0 bridgehead atoms. The summed E-state index contributed by atoms with van der Waals surface area (Å²) in [5.74, 6) is 0.454. The number of sulfonamides is 1. The van der Waals surface area contributed by atoms with Crippen LogP contribution in [0.15, 0.2) is 53.4 Å². The fourth-order valence-electron chi connectivity index (χ4n) is 2.15. The SMILES string of the molecule is CC(C)c1ccc(C(C)NS(=O)(=O)c2ccc(Cl)cc2)cc1. The van der Waals surface area contributed by atoms with Crippen LogP contribution in [0.5, 0.6) is 0 Å². The summed E-state index contributed by atoms with van der Waals surface area (Å²) in [5, 5.41) is 0.510. The molecule has 0 aromatic heterocycles. The van der Waals surface area contributed by atoms with Gasteiger partial charge in [-0.15, -0.1) is 0 Å². The second-order valence-corrected chi connectivity index (χ2v) is 7.77. The van der Waals surface area contributed by atoms with Crippen LogP contribution >= 0.6 is 11.6 Å². The minimum absolute atomic E-state index is 0.211. The van der Waals surface area contributed by atoms with Crippen molar-refractivity contribution in [2.75, 3.05) is 0 Å². The molecule has 0 radical (unpaired) electrons. The van der Waals surface area contributed by atoms with Gasteiger partial charge in [-0.2, -0.15) is 0 Å². The van der Waals surface area contributed by atoms with E-state index in [-0.39, 0.29) is 10.9 Å². The van der Waals surface area contributed by atoms with Gasteiger partial charge in [0, 0.05) is 11.1 Å². The van der Waals surface area contributed by atoms with E-state index in [4.69, 9.17) is 11.6 Å². The van der Waals surface area contributed by atoms with Crippen molar-refractivity contribution in [3.63, 3.8) is 0 Å². The lowest BCUT2D eigenvalue weighted by Crippen LogP contribution is -2.26. The molecule has 3 nitrogen and oxygen atoms in total. The average Bonchev–Trinajstić information content (AvgIpc) is 2.47. The summed E-state index contributed by atoms with van der Waals surface area (Å²) in [4.78, 5) is 0.211. The molecule has 0 aliphatic heterocycles. The molecule has 0 heterocycles. The van der Waals surface area contributed by atoms with Crippen LogP contribution in [-0.2, 0) is 10.0 Å². The van der Waals surface area contributed by atoms with Gasteiger partial charge in [-0.1, -0.05) is 49.7 Å². The molecule has 0 saturated carbocycles. The molecule has 0 amide bonds. The molecule has 2 aromatic carbocycles. The lowest BCUT2D eigenvalue weighted by Gasteiger charge is -2.16. The zero-order valence-corrected chi connectivity index (χ0v) is 14.4. The Morgan fingerprint density at radius 2 is 1.36 bits per heavy atom. The Morgan fingerprint density at radius 3 is 1.86 bits per heavy atom. The van der Waals surface area contributed by atoms with E-state index < -0.39 is 10.0 Å². The largest absolute Gasteiger partial charge is 0.241 e. The van der Waals surface area contributed by atoms with E-state index in [9.17, 15) is 8.42 Å². The second kappa shape index (κ2) is 6.82. The van der Waals surface area contributed by atoms with Crippen molar-refractivity contribution >= 4 is 21.6 Å². The quantitative estimate of drug-likeness (QED) is 0.872. The van der Waals surface area contributed by atoms with Gasteiger partial charge in [0.05, 0.1) is 4.90 Å². The van der Waals surface area contributed by atoms with Crippen LogP contribution in [0.1, 0.15) is 43.9 Å². The molecule has 1 atom stereocenters. The Morgan fingerprint density at radius 1 is 0.864 bits per heavy atom. The van der Waals surface area contributed by atoms with Crippen molar-refractivity contribution in [1.29, 1.82) is 0 Å². The zero-order chi connectivity index (χ0) is 16.3. The number of nitrogens with one attached hydrogen (secondary N) is 1. The molecule has 0 spiro atoms. The normalized spacial score (nSPS) is 13.3. The van der Waals surface area contributed by atoms with Crippen LogP contribution < -0.4 is 4.72 Å². The molecule has 0 aliphatic carbocycles. The topological polar surface area (TPSA) is 46.2 Å². The smallest absolute Gasteiger partial charge is 0.207 e. The van der Waals surface area contributed by atoms with E-state index in [0.29, 0.717) is 10.9 Å². The van der Waals surface area contributed by atoms with Gasteiger partial charge >= 0.3 is 0 Å². The highest BCUT2D eigenvalue weighted by molar-refractivity contribution is 7.89. The summed E-state index contributed by atoms with van der Waals surface area (Å²) in [5.41, 5.74) is 2.17. The Balaban J connectivity index is 2.16. The van der Waals surface area contributed by atoms with Crippen molar-refractivity contribution in [3.8, 4) is 0 Å². The molecule has 0 aliphatic rings. The standard InChI is InChI=1S/C17H20ClNO2S/c1-12(2)14-4-6-15(7-5-14)13(3)19-22(20,21)17-10-8-16(18)9-11-17/h4-13,19H,1-3H3. The van der Waals surface area contributed by atoms with Gasteiger partial charge in [0.15, 0.2) is 0 Å². The van der Waals surface area contributed by atoms with Crippen molar-refractivity contribution < 1.29 is 8.42 Å². The molecular formula is C17H20ClNO2S. The molecule has 0 fully saturated rings. The number of hydrogen-bond donors (Lipinski definition) is 1. The van der Waals surface area contributed by atoms with Gasteiger partial charge in [-0.25, -0.2) is 13.1 Å². The maximum absolute atomic E-state index is 12.3. The summed E-state index contributed by atoms with van der Waals surface area (Å²) in [6.45, 7) is 6.08. The van der Waals surface area contributed by atoms with Crippen molar-refractivity contribution in [1.82, 2.24) is 4.72 Å². The molecule has 1 unspecified atom stereocenters. The lowest BCUT2D eigenvalue weighted by molar-refractivity contribution is 0.567. The van der Waals surface area contributed by atoms with E-state index in [1.807, 2.05) is 31.2 Å². The third-order valence-corrected chi connectivity index (χ3v) is 5.37. The van der Waals surface area contributed by atoms with E-state index in [1.165, 1.54) is 17.7 Å². The second-order valence-electron chi connectivity index (χ2n) is 5.62. The monoisotopic (exact) mass is 337 g/mol. The minimum atomic E-state index is -3.56. The fourth-order valence-corrected chi connectivity index (χ4v) is 3.51. The highest BCUT2D eigenvalue weighted by atomic mass is 35.5. The van der Waals surface area contributed by atoms with E-state index in [0.717, 1.165) is 5.56 Å². The molecule has 0 saturated heterocycles. The summed E-state index contributed by atoms with van der Waals surface area (Å²) in [6, 6.07) is 13.8. The first kappa shape index (κ1) is 17.0. The maximum atomic E-state index is 12.3. The molecule has 2 rings (SSSR count). The van der Waals surface area contributed by atoms with Gasteiger partial charge < -0.3 is 0 Å². The van der Waals surface area contributed by atoms with Gasteiger partial charge in [-0.3, -0.25) is 0 Å². The molecule has 5 heteroatoms. The van der Waals surface area contributed by atoms with Crippen molar-refractivity contribution in [3.05, 3.63) is 64.7 Å². The number of benzene rings is 2. The molecule has 22 heavy (non-hydrogen) atoms. The molecule has 2 aromatic rings. The predicted octanol–water partition coefficient (Wildman–Crippen LogP) is 4.50. The van der Waals surface area contributed by atoms with E-state index in [1.54, 1.807) is 12.1 Å². The van der Waals surface area contributed by atoms with Gasteiger partial charge in [-0.05, 0) is 48.2 Å². The fraction of sp³-hybridized carbons (Fsp3) is 0.294. The summed E-state index contributed by atoms with van der Waals surface area (Å²) >= 11 is 5.79. The van der Waals surface area contributed by atoms with E-state index in [2.05, 4.69) is 18.6 Å². The predicted molar refractivity (Wildman–Crippen MR) is 90.7 cm³/mol. The first-order valence-corrected chi connectivity index (χ1v) is 9.03. The Labute approximate surface area is 137 Å². The Bertz CT molecular complexity index is 722. The number of hydrogen-bond acceptors (Lipinski definition) is 2. The van der Waals surface area contributed by atoms with E-state index >= 15 is 0 Å². The Kier molecular flexibility index (Phi) is 5.27. The maximum Gasteiger partial charge on any atom is 0.241 e.